The van der Waals surface area contributed by atoms with Gasteiger partial charge in [0.15, 0.2) is 0 Å². The van der Waals surface area contributed by atoms with Crippen molar-refractivity contribution in [3.8, 4) is 0 Å². The monoisotopic (exact) mass is 369 g/mol. The summed E-state index contributed by atoms with van der Waals surface area (Å²) in [5, 5.41) is 8.87. The van der Waals surface area contributed by atoms with E-state index in [0.29, 0.717) is 8.66 Å². The van der Waals surface area contributed by atoms with Crippen molar-refractivity contribution in [3.63, 3.8) is 0 Å². The topological polar surface area (TPSA) is 74.7 Å². The Morgan fingerprint density at radius 3 is 2.47 bits per heavy atom. The molecule has 19 heavy (non-hydrogen) atoms. The Hall–Kier alpha value is -0.440. The number of aryl methyl sites for hydroxylation is 1. The lowest BCUT2D eigenvalue weighted by Crippen LogP contribution is -2.38. The van der Waals surface area contributed by atoms with Crippen LogP contribution in [0.5, 0.6) is 0 Å². The number of hydrogen-bond donors (Lipinski definition) is 1. The van der Waals surface area contributed by atoms with Gasteiger partial charge in [0.05, 0.1) is 8.68 Å². The smallest absolute Gasteiger partial charge is 0.318 e. The highest BCUT2D eigenvalue weighted by atomic mass is 79.9. The van der Waals surface area contributed by atoms with Crippen LogP contribution >= 0.6 is 27.3 Å². The molecular weight excluding hydrogens is 354 g/mol. The zero-order valence-electron chi connectivity index (χ0n) is 10.9. The quantitative estimate of drug-likeness (QED) is 0.835. The van der Waals surface area contributed by atoms with E-state index < -0.39 is 22.5 Å². The predicted molar refractivity (Wildman–Crippen MR) is 78.0 cm³/mol. The van der Waals surface area contributed by atoms with Crippen LogP contribution in [0.4, 0.5) is 0 Å². The van der Waals surface area contributed by atoms with Crippen LogP contribution in [0, 0.1) is 12.8 Å². The molecule has 1 heterocycles. The Morgan fingerprint density at radius 2 is 2.11 bits per heavy atom. The van der Waals surface area contributed by atoms with Gasteiger partial charge < -0.3 is 5.11 Å². The first-order valence-electron chi connectivity index (χ1n) is 5.62. The van der Waals surface area contributed by atoms with Crippen molar-refractivity contribution in [1.29, 1.82) is 0 Å². The van der Waals surface area contributed by atoms with Crippen molar-refractivity contribution in [2.45, 2.75) is 25.7 Å². The number of rotatable bonds is 6. The summed E-state index contributed by atoms with van der Waals surface area (Å²) in [6, 6.07) is 1.52. The van der Waals surface area contributed by atoms with E-state index in [0.717, 1.165) is 4.31 Å². The van der Waals surface area contributed by atoms with E-state index in [2.05, 4.69) is 15.9 Å². The molecule has 0 aliphatic rings. The van der Waals surface area contributed by atoms with Crippen molar-refractivity contribution in [2.75, 3.05) is 13.1 Å². The number of nitrogens with zero attached hydrogens (tertiary/aromatic N) is 1. The maximum Gasteiger partial charge on any atom is 0.318 e. The maximum atomic E-state index is 12.5. The van der Waals surface area contributed by atoms with Crippen LogP contribution in [0.2, 0.25) is 0 Å². The van der Waals surface area contributed by atoms with Crippen LogP contribution in [0.3, 0.4) is 0 Å². The summed E-state index contributed by atoms with van der Waals surface area (Å²) < 4.78 is 26.7. The normalized spacial score (nSPS) is 12.3. The fourth-order valence-electron chi connectivity index (χ4n) is 1.63. The van der Waals surface area contributed by atoms with Gasteiger partial charge in [-0.25, -0.2) is 8.42 Å². The number of carboxylic acids is 1. The summed E-state index contributed by atoms with van der Waals surface area (Å²) in [6.45, 7) is 5.06. The van der Waals surface area contributed by atoms with Gasteiger partial charge >= 0.3 is 5.97 Å². The second kappa shape index (κ2) is 6.34. The molecule has 1 aromatic rings. The van der Waals surface area contributed by atoms with Gasteiger partial charge in [0.2, 0.25) is 10.0 Å². The third kappa shape index (κ3) is 4.27. The second-order valence-corrected chi connectivity index (χ2v) is 9.10. The molecule has 8 heteroatoms. The average Bonchev–Trinajstić information content (AvgIpc) is 2.56. The summed E-state index contributed by atoms with van der Waals surface area (Å²) in [5.41, 5.74) is 0. The number of hydrogen-bond acceptors (Lipinski definition) is 4. The van der Waals surface area contributed by atoms with Crippen LogP contribution in [0.1, 0.15) is 18.7 Å². The molecule has 1 rings (SSSR count). The van der Waals surface area contributed by atoms with Gasteiger partial charge in [-0.05, 0) is 34.8 Å². The van der Waals surface area contributed by atoms with Gasteiger partial charge in [-0.3, -0.25) is 4.79 Å². The summed E-state index contributed by atoms with van der Waals surface area (Å²) in [6.07, 6.45) is 0. The van der Waals surface area contributed by atoms with Gasteiger partial charge in [-0.2, -0.15) is 4.31 Å². The van der Waals surface area contributed by atoms with Gasteiger partial charge in [-0.1, -0.05) is 13.8 Å². The fourth-order valence-corrected chi connectivity index (χ4v) is 5.57. The number of carboxylic acid groups (broad SMARTS) is 1. The Labute approximate surface area is 125 Å². The van der Waals surface area contributed by atoms with Crippen LogP contribution < -0.4 is 0 Å². The zero-order valence-corrected chi connectivity index (χ0v) is 14.1. The first-order chi connectivity index (χ1) is 8.64. The predicted octanol–water partition coefficient (Wildman–Crippen LogP) is 2.55. The molecule has 0 saturated heterocycles. The standard InChI is InChI=1S/C11H16BrNO4S2/c1-7(2)5-13(6-11(14)15)19(16,17)9-4-10(12)18-8(9)3/h4,7H,5-6H2,1-3H3,(H,14,15). The number of aliphatic carboxylic acids is 1. The van der Waals surface area contributed by atoms with E-state index in [9.17, 15) is 13.2 Å². The molecule has 0 fully saturated rings. The molecule has 0 atom stereocenters. The molecule has 0 unspecified atom stereocenters. The Kier molecular flexibility index (Phi) is 5.54. The number of halogens is 1. The Bertz CT molecular complexity index is 565. The highest BCUT2D eigenvalue weighted by molar-refractivity contribution is 9.11. The van der Waals surface area contributed by atoms with Crippen molar-refractivity contribution >= 4 is 43.3 Å². The molecule has 0 radical (unpaired) electrons. The van der Waals surface area contributed by atoms with E-state index in [4.69, 9.17) is 5.11 Å². The third-order valence-electron chi connectivity index (χ3n) is 2.34. The zero-order chi connectivity index (χ0) is 14.8. The molecule has 0 aliphatic carbocycles. The Morgan fingerprint density at radius 1 is 1.53 bits per heavy atom. The minimum absolute atomic E-state index is 0.0523. The number of sulfonamides is 1. The second-order valence-electron chi connectivity index (χ2n) is 4.56. The van der Waals surface area contributed by atoms with Crippen molar-refractivity contribution < 1.29 is 18.3 Å². The molecule has 0 spiro atoms. The SMILES string of the molecule is Cc1sc(Br)cc1S(=O)(=O)N(CC(=O)O)CC(C)C. The summed E-state index contributed by atoms with van der Waals surface area (Å²) in [4.78, 5) is 11.7. The first-order valence-corrected chi connectivity index (χ1v) is 8.67. The number of thiophene rings is 1. The highest BCUT2D eigenvalue weighted by Gasteiger charge is 2.29. The minimum Gasteiger partial charge on any atom is -0.480 e. The lowest BCUT2D eigenvalue weighted by atomic mass is 10.2. The number of carbonyl (C=O) groups is 1. The van der Waals surface area contributed by atoms with Gasteiger partial charge in [0.1, 0.15) is 6.54 Å². The van der Waals surface area contributed by atoms with Gasteiger partial charge in [0.25, 0.3) is 0 Å². The van der Waals surface area contributed by atoms with E-state index in [1.807, 2.05) is 13.8 Å². The van der Waals surface area contributed by atoms with Crippen molar-refractivity contribution in [2.24, 2.45) is 5.92 Å². The highest BCUT2D eigenvalue weighted by Crippen LogP contribution is 2.31. The summed E-state index contributed by atoms with van der Waals surface area (Å²) in [5.74, 6) is -1.10. The molecule has 5 nitrogen and oxygen atoms in total. The molecule has 0 saturated carbocycles. The van der Waals surface area contributed by atoms with Crippen molar-refractivity contribution in [3.05, 3.63) is 14.7 Å². The summed E-state index contributed by atoms with van der Waals surface area (Å²) >= 11 is 4.56. The van der Waals surface area contributed by atoms with E-state index >= 15 is 0 Å². The minimum atomic E-state index is -3.77. The van der Waals surface area contributed by atoms with Crippen LogP contribution in [-0.4, -0.2) is 36.9 Å². The molecule has 0 amide bonds. The maximum absolute atomic E-state index is 12.5. The summed E-state index contributed by atoms with van der Waals surface area (Å²) in [7, 11) is -3.77. The van der Waals surface area contributed by atoms with E-state index in [1.165, 1.54) is 17.4 Å². The molecular formula is C11H16BrNO4S2. The van der Waals surface area contributed by atoms with Crippen LogP contribution in [0.25, 0.3) is 0 Å². The molecule has 0 aliphatic heterocycles. The van der Waals surface area contributed by atoms with Crippen LogP contribution in [0.15, 0.2) is 14.7 Å². The molecule has 0 aromatic carbocycles. The molecule has 108 valence electrons. The van der Waals surface area contributed by atoms with E-state index in [-0.39, 0.29) is 17.4 Å². The molecule has 1 aromatic heterocycles. The fraction of sp³-hybridized carbons (Fsp3) is 0.545. The lowest BCUT2D eigenvalue weighted by Gasteiger charge is -2.22. The van der Waals surface area contributed by atoms with Gasteiger partial charge in [0, 0.05) is 11.4 Å². The van der Waals surface area contributed by atoms with E-state index in [1.54, 1.807) is 6.92 Å². The molecule has 1 N–H and O–H groups in total. The van der Waals surface area contributed by atoms with Crippen molar-refractivity contribution in [1.82, 2.24) is 4.31 Å². The molecule has 0 bridgehead atoms. The average molecular weight is 370 g/mol. The lowest BCUT2D eigenvalue weighted by molar-refractivity contribution is -0.137. The first kappa shape index (κ1) is 16.6. The van der Waals surface area contributed by atoms with Gasteiger partial charge in [-0.15, -0.1) is 11.3 Å². The van der Waals surface area contributed by atoms with Crippen LogP contribution in [-0.2, 0) is 14.8 Å². The Balaban J connectivity index is 3.18. The largest absolute Gasteiger partial charge is 0.480 e. The third-order valence-corrected chi connectivity index (χ3v) is 5.96.